The summed E-state index contributed by atoms with van der Waals surface area (Å²) in [5.74, 6) is 1.64. The molecule has 0 amide bonds. The van der Waals surface area contributed by atoms with Crippen molar-refractivity contribution in [3.63, 3.8) is 0 Å². The Morgan fingerprint density at radius 2 is 2.00 bits per heavy atom. The number of nitrogens with two attached hydrogens (primary N) is 1. The van der Waals surface area contributed by atoms with E-state index in [0.29, 0.717) is 11.9 Å². The molecule has 1 aromatic carbocycles. The summed E-state index contributed by atoms with van der Waals surface area (Å²) in [7, 11) is 1.99. The molecule has 0 spiro atoms. The zero-order valence-corrected chi connectivity index (χ0v) is 11.9. The smallest absolute Gasteiger partial charge is 0.126 e. The molecule has 1 heterocycles. The molecule has 100 valence electrons. The highest BCUT2D eigenvalue weighted by molar-refractivity contribution is 7.99. The zero-order chi connectivity index (χ0) is 13.5. The molecule has 0 radical (unpaired) electrons. The van der Waals surface area contributed by atoms with Crippen LogP contribution in [0.3, 0.4) is 0 Å². The van der Waals surface area contributed by atoms with Crippen molar-refractivity contribution >= 4 is 17.6 Å². The van der Waals surface area contributed by atoms with E-state index < -0.39 is 0 Å². The van der Waals surface area contributed by atoms with Crippen molar-refractivity contribution in [1.29, 1.82) is 0 Å². The first-order valence-electron chi connectivity index (χ1n) is 6.34. The third kappa shape index (κ3) is 4.26. The van der Waals surface area contributed by atoms with E-state index in [4.69, 9.17) is 5.73 Å². The summed E-state index contributed by atoms with van der Waals surface area (Å²) in [6.45, 7) is 0. The molecule has 4 heteroatoms. The number of hydrogen-bond donors (Lipinski definition) is 2. The minimum atomic E-state index is 0.386. The van der Waals surface area contributed by atoms with Gasteiger partial charge in [-0.2, -0.15) is 0 Å². The highest BCUT2D eigenvalue weighted by Crippen LogP contribution is 2.20. The molecule has 0 saturated heterocycles. The lowest BCUT2D eigenvalue weighted by molar-refractivity contribution is 0.617. The Morgan fingerprint density at radius 1 is 1.21 bits per heavy atom. The van der Waals surface area contributed by atoms with Gasteiger partial charge in [-0.1, -0.05) is 24.3 Å². The van der Waals surface area contributed by atoms with E-state index in [9.17, 15) is 0 Å². The second-order valence-corrected chi connectivity index (χ2v) is 5.45. The van der Waals surface area contributed by atoms with Gasteiger partial charge in [-0.25, -0.2) is 4.98 Å². The zero-order valence-electron chi connectivity index (χ0n) is 11.0. The maximum absolute atomic E-state index is 5.89. The fourth-order valence-electron chi connectivity index (χ4n) is 1.85. The topological polar surface area (TPSA) is 50.9 Å². The van der Waals surface area contributed by atoms with Gasteiger partial charge < -0.3 is 11.1 Å². The van der Waals surface area contributed by atoms with Crippen LogP contribution in [-0.4, -0.2) is 23.8 Å². The predicted octanol–water partition coefficient (Wildman–Crippen LogP) is 2.59. The number of benzene rings is 1. The van der Waals surface area contributed by atoms with Gasteiger partial charge in [-0.3, -0.25) is 0 Å². The number of thioether (sulfide) groups is 1. The number of aromatic nitrogens is 1. The minimum Gasteiger partial charge on any atom is -0.383 e. The van der Waals surface area contributed by atoms with E-state index >= 15 is 0 Å². The number of anilines is 1. The first-order chi connectivity index (χ1) is 9.29. The summed E-state index contributed by atoms with van der Waals surface area (Å²) in [5.41, 5.74) is 6.99. The highest BCUT2D eigenvalue weighted by atomic mass is 32.2. The maximum atomic E-state index is 5.89. The summed E-state index contributed by atoms with van der Waals surface area (Å²) >= 11 is 1.85. The Kier molecular flexibility index (Phi) is 5.24. The Morgan fingerprint density at radius 3 is 2.68 bits per heavy atom. The van der Waals surface area contributed by atoms with Crippen LogP contribution in [0.5, 0.6) is 0 Å². The lowest BCUT2D eigenvalue weighted by Gasteiger charge is -2.16. The first kappa shape index (κ1) is 13.9. The molecule has 3 nitrogen and oxygen atoms in total. The van der Waals surface area contributed by atoms with E-state index in [1.165, 1.54) is 4.90 Å². The lowest BCUT2D eigenvalue weighted by atomic mass is 10.1. The number of nitrogen functional groups attached to an aromatic ring is 1. The average Bonchev–Trinajstić information content (AvgIpc) is 2.46. The van der Waals surface area contributed by atoms with Crippen LogP contribution in [0.4, 0.5) is 5.82 Å². The molecule has 3 N–H and O–H groups in total. The second kappa shape index (κ2) is 7.16. The second-order valence-electron chi connectivity index (χ2n) is 4.36. The molecule has 1 atom stereocenters. The van der Waals surface area contributed by atoms with Crippen LogP contribution in [0, 0.1) is 0 Å². The van der Waals surface area contributed by atoms with Gasteiger partial charge in [0.05, 0.1) is 0 Å². The van der Waals surface area contributed by atoms with Crippen molar-refractivity contribution < 1.29 is 0 Å². The summed E-state index contributed by atoms with van der Waals surface area (Å²) in [6.07, 6.45) is 2.63. The molecular formula is C15H19N3S. The molecule has 0 aliphatic heterocycles. The SMILES string of the molecule is CNC(CSc1ccccc1)Cc1cccnc1N. The maximum Gasteiger partial charge on any atom is 0.126 e. The van der Waals surface area contributed by atoms with E-state index in [1.807, 2.05) is 37.0 Å². The lowest BCUT2D eigenvalue weighted by Crippen LogP contribution is -2.30. The summed E-state index contributed by atoms with van der Waals surface area (Å²) in [5, 5.41) is 3.34. The van der Waals surface area contributed by atoms with Crippen LogP contribution in [0.1, 0.15) is 5.56 Å². The summed E-state index contributed by atoms with van der Waals surface area (Å²) < 4.78 is 0. The molecule has 0 saturated carbocycles. The Hall–Kier alpha value is -1.52. The molecule has 2 rings (SSSR count). The van der Waals surface area contributed by atoms with Gasteiger partial charge >= 0.3 is 0 Å². The average molecular weight is 273 g/mol. The molecule has 0 aliphatic rings. The van der Waals surface area contributed by atoms with Crippen LogP contribution in [0.15, 0.2) is 53.6 Å². The molecule has 0 bridgehead atoms. The van der Waals surface area contributed by atoms with Gasteiger partial charge in [-0.05, 0) is 37.2 Å². The van der Waals surface area contributed by atoms with Crippen molar-refractivity contribution in [2.45, 2.75) is 17.4 Å². The number of nitrogens with one attached hydrogen (secondary N) is 1. The van der Waals surface area contributed by atoms with E-state index in [1.54, 1.807) is 6.20 Å². The molecule has 2 aromatic rings. The molecular weight excluding hydrogens is 254 g/mol. The van der Waals surface area contributed by atoms with Crippen LogP contribution in [0.2, 0.25) is 0 Å². The van der Waals surface area contributed by atoms with Crippen molar-refractivity contribution in [2.75, 3.05) is 18.5 Å². The van der Waals surface area contributed by atoms with Crippen LogP contribution >= 0.6 is 11.8 Å². The van der Waals surface area contributed by atoms with E-state index in [2.05, 4.69) is 34.6 Å². The van der Waals surface area contributed by atoms with Gasteiger partial charge in [0.1, 0.15) is 5.82 Å². The largest absolute Gasteiger partial charge is 0.383 e. The fourth-order valence-corrected chi connectivity index (χ4v) is 2.87. The van der Waals surface area contributed by atoms with Crippen molar-refractivity contribution in [3.05, 3.63) is 54.2 Å². The summed E-state index contributed by atoms with van der Waals surface area (Å²) in [6, 6.07) is 14.8. The minimum absolute atomic E-state index is 0.386. The number of nitrogens with zero attached hydrogens (tertiary/aromatic N) is 1. The van der Waals surface area contributed by atoms with E-state index in [0.717, 1.165) is 17.7 Å². The van der Waals surface area contributed by atoms with Gasteiger partial charge in [-0.15, -0.1) is 11.8 Å². The van der Waals surface area contributed by atoms with E-state index in [-0.39, 0.29) is 0 Å². The number of likely N-dealkylation sites (N-methyl/N-ethyl adjacent to an activating group) is 1. The van der Waals surface area contributed by atoms with Crippen molar-refractivity contribution in [1.82, 2.24) is 10.3 Å². The first-order valence-corrected chi connectivity index (χ1v) is 7.32. The van der Waals surface area contributed by atoms with Crippen LogP contribution in [0.25, 0.3) is 0 Å². The molecule has 0 fully saturated rings. The third-order valence-electron chi connectivity index (χ3n) is 3.00. The third-order valence-corrected chi connectivity index (χ3v) is 4.17. The van der Waals surface area contributed by atoms with Crippen LogP contribution < -0.4 is 11.1 Å². The Labute approximate surface area is 118 Å². The quantitative estimate of drug-likeness (QED) is 0.794. The highest BCUT2D eigenvalue weighted by Gasteiger charge is 2.10. The number of pyridine rings is 1. The van der Waals surface area contributed by atoms with Crippen molar-refractivity contribution in [2.24, 2.45) is 0 Å². The number of rotatable bonds is 6. The Balaban J connectivity index is 1.92. The molecule has 1 unspecified atom stereocenters. The predicted molar refractivity (Wildman–Crippen MR) is 82.4 cm³/mol. The van der Waals surface area contributed by atoms with Crippen molar-refractivity contribution in [3.8, 4) is 0 Å². The van der Waals surface area contributed by atoms with Gasteiger partial charge in [0, 0.05) is 22.9 Å². The molecule has 0 aliphatic carbocycles. The summed E-state index contributed by atoms with van der Waals surface area (Å²) in [4.78, 5) is 5.42. The van der Waals surface area contributed by atoms with Gasteiger partial charge in [0.15, 0.2) is 0 Å². The standard InChI is InChI=1S/C15H19N3S/c1-17-13(10-12-6-5-9-18-15(12)16)11-19-14-7-3-2-4-8-14/h2-9,13,17H,10-11H2,1H3,(H2,16,18). The number of hydrogen-bond acceptors (Lipinski definition) is 4. The Bertz CT molecular complexity index is 502. The van der Waals surface area contributed by atoms with Gasteiger partial charge in [0.25, 0.3) is 0 Å². The van der Waals surface area contributed by atoms with Gasteiger partial charge in [0.2, 0.25) is 0 Å². The molecule has 19 heavy (non-hydrogen) atoms. The monoisotopic (exact) mass is 273 g/mol. The normalized spacial score (nSPS) is 12.3. The van der Waals surface area contributed by atoms with Crippen LogP contribution in [-0.2, 0) is 6.42 Å². The molecule has 1 aromatic heterocycles. The fraction of sp³-hybridized carbons (Fsp3) is 0.267.